The van der Waals surface area contributed by atoms with Crippen molar-refractivity contribution >= 4 is 17.8 Å². The summed E-state index contributed by atoms with van der Waals surface area (Å²) >= 11 is 0. The Labute approximate surface area is 246 Å². The van der Waals surface area contributed by atoms with Gasteiger partial charge in [-0.3, -0.25) is 14.5 Å². The number of likely N-dealkylation sites (N-methyl/N-ethyl adjacent to an activating group) is 1. The third kappa shape index (κ3) is 5.75. The second-order valence-electron chi connectivity index (χ2n) is 11.3. The van der Waals surface area contributed by atoms with Crippen LogP contribution in [0.5, 0.6) is 11.5 Å². The lowest BCUT2D eigenvalue weighted by Gasteiger charge is -2.31. The molecule has 4 amide bonds. The largest absolute Gasteiger partial charge is 0.457 e. The molecule has 0 aromatic heterocycles. The number of nitrogens with one attached hydrogen (secondary N) is 2. The van der Waals surface area contributed by atoms with Gasteiger partial charge in [-0.25, -0.2) is 4.79 Å². The maximum absolute atomic E-state index is 14.3. The molecule has 1 saturated carbocycles. The second kappa shape index (κ2) is 12.1. The van der Waals surface area contributed by atoms with Crippen molar-refractivity contribution in [2.75, 3.05) is 13.6 Å². The van der Waals surface area contributed by atoms with E-state index in [2.05, 4.69) is 10.6 Å². The van der Waals surface area contributed by atoms with Crippen LogP contribution in [-0.2, 0) is 16.0 Å². The Morgan fingerprint density at radius 3 is 2.36 bits per heavy atom. The van der Waals surface area contributed by atoms with Crippen LogP contribution in [0, 0.1) is 0 Å². The number of hydrogen-bond acceptors (Lipinski definition) is 4. The van der Waals surface area contributed by atoms with Gasteiger partial charge in [0.05, 0.1) is 23.9 Å². The molecule has 3 aromatic carbocycles. The van der Waals surface area contributed by atoms with Crippen molar-refractivity contribution in [3.05, 3.63) is 107 Å². The lowest BCUT2D eigenvalue weighted by molar-refractivity contribution is -0.137. The number of amides is 4. The van der Waals surface area contributed by atoms with Gasteiger partial charge >= 0.3 is 6.03 Å². The average molecular weight is 565 g/mol. The molecule has 6 rings (SSSR count). The summed E-state index contributed by atoms with van der Waals surface area (Å²) in [5.41, 5.74) is 2.81. The first-order chi connectivity index (χ1) is 20.5. The normalized spacial score (nSPS) is 19.8. The van der Waals surface area contributed by atoms with E-state index in [0.29, 0.717) is 29.2 Å². The summed E-state index contributed by atoms with van der Waals surface area (Å²) in [4.78, 5) is 44.3. The minimum atomic E-state index is -0.704. The molecule has 0 bridgehead atoms. The van der Waals surface area contributed by atoms with Crippen molar-refractivity contribution in [2.24, 2.45) is 0 Å². The standard InChI is InChI=1S/C34H36N4O4/c1-37-29-22-38(28(20-23-12-5-2-6-13-23)32(39)35-25-15-7-3-8-16-25)33(40)30(29)31(36-34(37)41)24-14-11-19-27(21-24)42-26-17-9-4-10-18-26/h2,4-6,9-14,17-19,21,25,28,31H,3,7-8,15-16,20,22H2,1H3,(H,35,39)(H,36,41)/t28-,31-/m0/s1. The molecule has 42 heavy (non-hydrogen) atoms. The SMILES string of the molecule is CN1C(=O)N[C@@H](c2cccc(Oc3ccccc3)c2)C2=C1CN([C@@H](Cc1ccccc1)C(=O)NC1CCCCC1)C2=O. The van der Waals surface area contributed by atoms with Crippen molar-refractivity contribution in [1.29, 1.82) is 0 Å². The number of ether oxygens (including phenoxy) is 1. The van der Waals surface area contributed by atoms with E-state index in [1.165, 1.54) is 11.3 Å². The molecule has 0 radical (unpaired) electrons. The number of hydrogen-bond donors (Lipinski definition) is 2. The first kappa shape index (κ1) is 27.6. The highest BCUT2D eigenvalue weighted by atomic mass is 16.5. The van der Waals surface area contributed by atoms with Gasteiger partial charge < -0.3 is 20.3 Å². The van der Waals surface area contributed by atoms with Gasteiger partial charge in [0.2, 0.25) is 5.91 Å². The molecular formula is C34H36N4O4. The van der Waals surface area contributed by atoms with E-state index >= 15 is 0 Å². The third-order valence-electron chi connectivity index (χ3n) is 8.46. The van der Waals surface area contributed by atoms with E-state index in [-0.39, 0.29) is 30.4 Å². The Balaban J connectivity index is 1.30. The minimum absolute atomic E-state index is 0.121. The zero-order valence-corrected chi connectivity index (χ0v) is 23.8. The highest BCUT2D eigenvalue weighted by Crippen LogP contribution is 2.38. The fourth-order valence-electron chi connectivity index (χ4n) is 6.20. The topological polar surface area (TPSA) is 91.0 Å². The van der Waals surface area contributed by atoms with Crippen LogP contribution in [-0.4, -0.2) is 53.3 Å². The Hall–Kier alpha value is -4.59. The van der Waals surface area contributed by atoms with Crippen LogP contribution in [0.4, 0.5) is 4.79 Å². The third-order valence-corrected chi connectivity index (χ3v) is 8.46. The summed E-state index contributed by atoms with van der Waals surface area (Å²) in [6.45, 7) is 0.185. The Morgan fingerprint density at radius 2 is 1.62 bits per heavy atom. The van der Waals surface area contributed by atoms with Crippen LogP contribution in [0.15, 0.2) is 96.2 Å². The van der Waals surface area contributed by atoms with Crippen molar-refractivity contribution in [3.63, 3.8) is 0 Å². The van der Waals surface area contributed by atoms with Gasteiger partial charge in [-0.05, 0) is 48.2 Å². The van der Waals surface area contributed by atoms with Crippen molar-refractivity contribution in [3.8, 4) is 11.5 Å². The molecule has 2 atom stereocenters. The maximum Gasteiger partial charge on any atom is 0.322 e. The summed E-state index contributed by atoms with van der Waals surface area (Å²) in [5, 5.41) is 6.25. The van der Waals surface area contributed by atoms with Crippen molar-refractivity contribution in [2.45, 2.75) is 56.7 Å². The second-order valence-corrected chi connectivity index (χ2v) is 11.3. The van der Waals surface area contributed by atoms with Crippen LogP contribution in [0.25, 0.3) is 0 Å². The van der Waals surface area contributed by atoms with Crippen LogP contribution in [0.1, 0.15) is 49.3 Å². The van der Waals surface area contributed by atoms with E-state index in [1.54, 1.807) is 11.9 Å². The number of carbonyl (C=O) groups excluding carboxylic acids is 3. The molecule has 8 heteroatoms. The van der Waals surface area contributed by atoms with Gasteiger partial charge in [0.1, 0.15) is 17.5 Å². The molecule has 2 aliphatic heterocycles. The molecule has 2 heterocycles. The molecule has 216 valence electrons. The molecule has 8 nitrogen and oxygen atoms in total. The van der Waals surface area contributed by atoms with E-state index in [1.807, 2.05) is 84.9 Å². The Bertz CT molecular complexity index is 1480. The molecule has 2 N–H and O–H groups in total. The minimum Gasteiger partial charge on any atom is -0.457 e. The van der Waals surface area contributed by atoms with Gasteiger partial charge in [0.15, 0.2) is 0 Å². The van der Waals surface area contributed by atoms with Gasteiger partial charge in [0.25, 0.3) is 5.91 Å². The zero-order valence-electron chi connectivity index (χ0n) is 23.8. The molecular weight excluding hydrogens is 528 g/mol. The molecule has 1 fully saturated rings. The first-order valence-corrected chi connectivity index (χ1v) is 14.7. The number of nitrogens with zero attached hydrogens (tertiary/aromatic N) is 2. The molecule has 0 spiro atoms. The van der Waals surface area contributed by atoms with E-state index < -0.39 is 12.1 Å². The van der Waals surface area contributed by atoms with Crippen molar-refractivity contribution in [1.82, 2.24) is 20.4 Å². The van der Waals surface area contributed by atoms with Gasteiger partial charge in [-0.1, -0.05) is 79.9 Å². The zero-order chi connectivity index (χ0) is 29.1. The summed E-state index contributed by atoms with van der Waals surface area (Å²) in [6.07, 6.45) is 5.68. The molecule has 3 aromatic rings. The molecule has 0 unspecified atom stereocenters. The average Bonchev–Trinajstić information content (AvgIpc) is 3.36. The smallest absolute Gasteiger partial charge is 0.322 e. The monoisotopic (exact) mass is 564 g/mol. The number of rotatable bonds is 8. The predicted octanol–water partition coefficient (Wildman–Crippen LogP) is 5.33. The molecule has 1 aliphatic carbocycles. The molecule has 3 aliphatic rings. The number of para-hydroxylation sites is 1. The summed E-state index contributed by atoms with van der Waals surface area (Å²) in [5.74, 6) is 0.912. The van der Waals surface area contributed by atoms with Crippen LogP contribution >= 0.6 is 0 Å². The Morgan fingerprint density at radius 1 is 0.929 bits per heavy atom. The fourth-order valence-corrected chi connectivity index (χ4v) is 6.20. The quantitative estimate of drug-likeness (QED) is 0.387. The lowest BCUT2D eigenvalue weighted by Crippen LogP contribution is -2.52. The number of carbonyl (C=O) groups is 3. The number of benzene rings is 3. The van der Waals surface area contributed by atoms with E-state index in [4.69, 9.17) is 4.74 Å². The summed E-state index contributed by atoms with van der Waals surface area (Å²) < 4.78 is 6.04. The van der Waals surface area contributed by atoms with E-state index in [0.717, 1.165) is 36.8 Å². The van der Waals surface area contributed by atoms with Crippen LogP contribution < -0.4 is 15.4 Å². The highest BCUT2D eigenvalue weighted by Gasteiger charge is 2.46. The van der Waals surface area contributed by atoms with Crippen LogP contribution in [0.2, 0.25) is 0 Å². The van der Waals surface area contributed by atoms with Gasteiger partial charge in [0, 0.05) is 19.5 Å². The Kier molecular flexibility index (Phi) is 7.95. The lowest BCUT2D eigenvalue weighted by atomic mass is 9.94. The first-order valence-electron chi connectivity index (χ1n) is 14.7. The summed E-state index contributed by atoms with van der Waals surface area (Å²) in [7, 11) is 1.67. The number of urea groups is 1. The van der Waals surface area contributed by atoms with Gasteiger partial charge in [-0.2, -0.15) is 0 Å². The molecule has 0 saturated heterocycles. The fraction of sp³-hybridized carbons (Fsp3) is 0.324. The maximum atomic E-state index is 14.3. The van der Waals surface area contributed by atoms with E-state index in [9.17, 15) is 14.4 Å². The predicted molar refractivity (Wildman–Crippen MR) is 160 cm³/mol. The summed E-state index contributed by atoms with van der Waals surface area (Å²) in [6, 6.07) is 25.1. The highest BCUT2D eigenvalue weighted by molar-refractivity contribution is 6.03. The van der Waals surface area contributed by atoms with Gasteiger partial charge in [-0.15, -0.1) is 0 Å². The van der Waals surface area contributed by atoms with Crippen molar-refractivity contribution < 1.29 is 19.1 Å². The van der Waals surface area contributed by atoms with Crippen LogP contribution in [0.3, 0.4) is 0 Å².